The summed E-state index contributed by atoms with van der Waals surface area (Å²) in [5, 5.41) is 9.22. The van der Waals surface area contributed by atoms with Gasteiger partial charge in [-0.25, -0.2) is 0 Å². The predicted octanol–water partition coefficient (Wildman–Crippen LogP) is 3.05. The zero-order valence-electron chi connectivity index (χ0n) is 9.79. The number of aliphatic hydroxyl groups is 1. The molecule has 2 heteroatoms. The van der Waals surface area contributed by atoms with Gasteiger partial charge in [-0.15, -0.1) is 0 Å². The molecule has 0 aliphatic rings. The molecule has 15 heavy (non-hydrogen) atoms. The van der Waals surface area contributed by atoms with Crippen LogP contribution in [0, 0.1) is 6.92 Å². The number of hydrogen-bond donors (Lipinski definition) is 1. The van der Waals surface area contributed by atoms with Crippen molar-refractivity contribution < 1.29 is 9.84 Å². The minimum absolute atomic E-state index is 0.0389. The molecule has 0 bridgehead atoms. The van der Waals surface area contributed by atoms with E-state index in [9.17, 15) is 5.11 Å². The normalized spacial score (nSPS) is 10.7. The van der Waals surface area contributed by atoms with Crippen molar-refractivity contribution in [2.75, 3.05) is 0 Å². The molecule has 1 rings (SSSR count). The molecule has 0 unspecified atom stereocenters. The van der Waals surface area contributed by atoms with E-state index in [4.69, 9.17) is 4.74 Å². The summed E-state index contributed by atoms with van der Waals surface area (Å²) in [6.07, 6.45) is 2.24. The summed E-state index contributed by atoms with van der Waals surface area (Å²) in [6.45, 7) is 6.28. The predicted molar refractivity (Wildman–Crippen MR) is 62.1 cm³/mol. The van der Waals surface area contributed by atoms with Crippen molar-refractivity contribution in [1.29, 1.82) is 0 Å². The van der Waals surface area contributed by atoms with Crippen molar-refractivity contribution in [3.63, 3.8) is 0 Å². The molecule has 0 fully saturated rings. The molecule has 84 valence electrons. The van der Waals surface area contributed by atoms with Gasteiger partial charge in [0.25, 0.3) is 0 Å². The smallest absolute Gasteiger partial charge is 0.125 e. The second-order valence-corrected chi connectivity index (χ2v) is 3.83. The van der Waals surface area contributed by atoms with Crippen LogP contribution in [0.25, 0.3) is 0 Å². The Morgan fingerprint density at radius 3 is 2.47 bits per heavy atom. The quantitative estimate of drug-likeness (QED) is 0.805. The maximum atomic E-state index is 9.22. The van der Waals surface area contributed by atoms with Crippen LogP contribution < -0.4 is 4.74 Å². The number of rotatable bonds is 5. The highest BCUT2D eigenvalue weighted by Crippen LogP contribution is 2.22. The third-order valence-corrected chi connectivity index (χ3v) is 2.59. The monoisotopic (exact) mass is 208 g/mol. The second-order valence-electron chi connectivity index (χ2n) is 3.83. The van der Waals surface area contributed by atoms with Gasteiger partial charge in [0.1, 0.15) is 5.75 Å². The summed E-state index contributed by atoms with van der Waals surface area (Å²) >= 11 is 0. The van der Waals surface area contributed by atoms with Gasteiger partial charge < -0.3 is 9.84 Å². The van der Waals surface area contributed by atoms with E-state index in [0.717, 1.165) is 29.7 Å². The van der Waals surface area contributed by atoms with Gasteiger partial charge >= 0.3 is 0 Å². The van der Waals surface area contributed by atoms with E-state index < -0.39 is 0 Å². The Hall–Kier alpha value is -1.02. The maximum Gasteiger partial charge on any atom is 0.125 e. The molecule has 0 radical (unpaired) electrons. The standard InChI is InChI=1S/C13H20O2/c1-4-12(5-2)15-13-7-6-10(3)8-11(13)9-14/h6-8,12,14H,4-5,9H2,1-3H3. The number of hydrogen-bond acceptors (Lipinski definition) is 2. The summed E-state index contributed by atoms with van der Waals surface area (Å²) in [5.41, 5.74) is 2.03. The SMILES string of the molecule is CCC(CC)Oc1ccc(C)cc1CO. The lowest BCUT2D eigenvalue weighted by Crippen LogP contribution is -2.14. The van der Waals surface area contributed by atoms with Crippen LogP contribution in [0.4, 0.5) is 0 Å². The zero-order chi connectivity index (χ0) is 11.3. The second kappa shape index (κ2) is 5.76. The fourth-order valence-corrected chi connectivity index (χ4v) is 1.58. The fraction of sp³-hybridized carbons (Fsp3) is 0.538. The van der Waals surface area contributed by atoms with E-state index in [2.05, 4.69) is 13.8 Å². The van der Waals surface area contributed by atoms with E-state index in [1.807, 2.05) is 25.1 Å². The van der Waals surface area contributed by atoms with Crippen molar-refractivity contribution in [3.05, 3.63) is 29.3 Å². The van der Waals surface area contributed by atoms with Gasteiger partial charge in [-0.05, 0) is 25.8 Å². The fourth-order valence-electron chi connectivity index (χ4n) is 1.58. The molecule has 0 aromatic heterocycles. The van der Waals surface area contributed by atoms with E-state index in [0.29, 0.717) is 0 Å². The molecule has 0 amide bonds. The molecule has 1 aromatic carbocycles. The van der Waals surface area contributed by atoms with Crippen molar-refractivity contribution in [1.82, 2.24) is 0 Å². The molecule has 0 saturated carbocycles. The highest BCUT2D eigenvalue weighted by atomic mass is 16.5. The first-order valence-corrected chi connectivity index (χ1v) is 5.58. The van der Waals surface area contributed by atoms with E-state index in [1.165, 1.54) is 0 Å². The summed E-state index contributed by atoms with van der Waals surface area (Å²) in [7, 11) is 0. The largest absolute Gasteiger partial charge is 0.490 e. The summed E-state index contributed by atoms with van der Waals surface area (Å²) in [6, 6.07) is 5.92. The lowest BCUT2D eigenvalue weighted by atomic mass is 10.1. The third kappa shape index (κ3) is 3.24. The number of aliphatic hydroxyl groups excluding tert-OH is 1. The van der Waals surface area contributed by atoms with Crippen molar-refractivity contribution in [2.24, 2.45) is 0 Å². The summed E-state index contributed by atoms with van der Waals surface area (Å²) < 4.78 is 5.83. The molecule has 0 heterocycles. The van der Waals surface area contributed by atoms with Gasteiger partial charge in [0, 0.05) is 5.56 Å². The Bertz CT molecular complexity index is 303. The Labute approximate surface area is 91.9 Å². The maximum absolute atomic E-state index is 9.22. The van der Waals surface area contributed by atoms with Crippen LogP contribution in [0.15, 0.2) is 18.2 Å². The van der Waals surface area contributed by atoms with Crippen LogP contribution in [0.1, 0.15) is 37.8 Å². The molecule has 0 spiro atoms. The lowest BCUT2D eigenvalue weighted by Gasteiger charge is -2.18. The van der Waals surface area contributed by atoms with Crippen molar-refractivity contribution in [3.8, 4) is 5.75 Å². The average Bonchev–Trinajstić information content (AvgIpc) is 2.27. The molecule has 0 aliphatic heterocycles. The van der Waals surface area contributed by atoms with Crippen LogP contribution >= 0.6 is 0 Å². The Kier molecular flexibility index (Phi) is 4.63. The summed E-state index contributed by atoms with van der Waals surface area (Å²) in [5.74, 6) is 0.816. The average molecular weight is 208 g/mol. The van der Waals surface area contributed by atoms with Crippen LogP contribution in [-0.2, 0) is 6.61 Å². The minimum Gasteiger partial charge on any atom is -0.490 e. The van der Waals surface area contributed by atoms with Gasteiger partial charge in [0.2, 0.25) is 0 Å². The third-order valence-electron chi connectivity index (χ3n) is 2.59. The van der Waals surface area contributed by atoms with Crippen LogP contribution in [0.3, 0.4) is 0 Å². The van der Waals surface area contributed by atoms with Crippen LogP contribution in [0.2, 0.25) is 0 Å². The highest BCUT2D eigenvalue weighted by molar-refractivity contribution is 5.36. The van der Waals surface area contributed by atoms with Crippen molar-refractivity contribution >= 4 is 0 Å². The Morgan fingerprint density at radius 1 is 1.27 bits per heavy atom. The molecular formula is C13H20O2. The van der Waals surface area contributed by atoms with Gasteiger partial charge in [0.15, 0.2) is 0 Å². The van der Waals surface area contributed by atoms with E-state index in [1.54, 1.807) is 0 Å². The number of benzene rings is 1. The molecule has 1 aromatic rings. The molecule has 0 aliphatic carbocycles. The highest BCUT2D eigenvalue weighted by Gasteiger charge is 2.08. The molecule has 0 saturated heterocycles. The lowest BCUT2D eigenvalue weighted by molar-refractivity contribution is 0.184. The Balaban J connectivity index is 2.83. The first-order valence-electron chi connectivity index (χ1n) is 5.58. The number of aryl methyl sites for hydroxylation is 1. The minimum atomic E-state index is 0.0389. The molecule has 0 atom stereocenters. The molecular weight excluding hydrogens is 188 g/mol. The van der Waals surface area contributed by atoms with Gasteiger partial charge in [-0.3, -0.25) is 0 Å². The zero-order valence-corrected chi connectivity index (χ0v) is 9.79. The topological polar surface area (TPSA) is 29.5 Å². The van der Waals surface area contributed by atoms with Gasteiger partial charge in [-0.1, -0.05) is 31.5 Å². The van der Waals surface area contributed by atoms with Crippen LogP contribution in [-0.4, -0.2) is 11.2 Å². The first kappa shape index (κ1) is 12.1. The van der Waals surface area contributed by atoms with E-state index >= 15 is 0 Å². The number of ether oxygens (including phenoxy) is 1. The van der Waals surface area contributed by atoms with Crippen molar-refractivity contribution in [2.45, 2.75) is 46.3 Å². The molecule has 1 N–H and O–H groups in total. The Morgan fingerprint density at radius 2 is 1.93 bits per heavy atom. The van der Waals surface area contributed by atoms with Gasteiger partial charge in [0.05, 0.1) is 12.7 Å². The van der Waals surface area contributed by atoms with Gasteiger partial charge in [-0.2, -0.15) is 0 Å². The van der Waals surface area contributed by atoms with Crippen LogP contribution in [0.5, 0.6) is 5.75 Å². The van der Waals surface area contributed by atoms with E-state index in [-0.39, 0.29) is 12.7 Å². The summed E-state index contributed by atoms with van der Waals surface area (Å²) in [4.78, 5) is 0. The molecule has 2 nitrogen and oxygen atoms in total. The first-order chi connectivity index (χ1) is 7.21.